The molecule has 0 rings (SSSR count). The molecular weight excluding hydrogens is 130 g/mol. The molecule has 3 heteroatoms. The molecule has 0 unspecified atom stereocenters. The Hall–Kier alpha value is -1.30. The van der Waals surface area contributed by atoms with Gasteiger partial charge < -0.3 is 4.74 Å². The molecule has 0 radical (unpaired) electrons. The molecule has 0 aliphatic rings. The Labute approximate surface area is 60.9 Å². The van der Waals surface area contributed by atoms with E-state index in [-0.39, 0.29) is 0 Å². The van der Waals surface area contributed by atoms with Crippen molar-refractivity contribution in [1.82, 2.24) is 0 Å². The second-order valence-electron chi connectivity index (χ2n) is 1.42. The van der Waals surface area contributed by atoms with Crippen molar-refractivity contribution in [3.05, 3.63) is 12.7 Å². The lowest BCUT2D eigenvalue weighted by Crippen LogP contribution is -1.91. The summed E-state index contributed by atoms with van der Waals surface area (Å²) in [5, 5.41) is 7.63. The molecule has 0 saturated heterocycles. The summed E-state index contributed by atoms with van der Waals surface area (Å²) in [5.74, 6) is -0.720. The highest BCUT2D eigenvalue weighted by Gasteiger charge is 1.87. The van der Waals surface area contributed by atoms with Crippen LogP contribution in [0.3, 0.4) is 0 Å². The van der Waals surface area contributed by atoms with Crippen LogP contribution in [-0.2, 0) is 9.53 Å². The highest BCUT2D eigenvalue weighted by Crippen LogP contribution is 1.71. The van der Waals surface area contributed by atoms with Gasteiger partial charge in [0.2, 0.25) is 0 Å². The van der Waals surface area contributed by atoms with Crippen molar-refractivity contribution in [3.8, 4) is 6.26 Å². The molecule has 0 heterocycles. The van der Waals surface area contributed by atoms with Gasteiger partial charge in [-0.15, -0.1) is 5.26 Å². The third-order valence-electron chi connectivity index (χ3n) is 0.313. The second kappa shape index (κ2) is 10.6. The van der Waals surface area contributed by atoms with E-state index in [4.69, 9.17) is 5.26 Å². The summed E-state index contributed by atoms with van der Waals surface area (Å²) in [4.78, 5) is 9.85. The third kappa shape index (κ3) is 15.9. The molecule has 0 spiro atoms. The highest BCUT2D eigenvalue weighted by molar-refractivity contribution is 5.81. The van der Waals surface area contributed by atoms with Crippen LogP contribution in [0.15, 0.2) is 12.7 Å². The van der Waals surface area contributed by atoms with Gasteiger partial charge in [-0.2, -0.15) is 0 Å². The van der Waals surface area contributed by atoms with Crippen LogP contribution in [0.25, 0.3) is 0 Å². The van der Waals surface area contributed by atoms with Crippen LogP contribution in [0.5, 0.6) is 0 Å². The zero-order valence-electron chi connectivity index (χ0n) is 6.26. The largest absolute Gasteiger partial charge is 0.347 e. The molecule has 0 aliphatic carbocycles. The van der Waals surface area contributed by atoms with Gasteiger partial charge in [0.15, 0.2) is 0 Å². The lowest BCUT2D eigenvalue weighted by molar-refractivity contribution is -0.131. The van der Waals surface area contributed by atoms with Gasteiger partial charge in [0.05, 0.1) is 0 Å². The van der Waals surface area contributed by atoms with Crippen LogP contribution in [0.4, 0.5) is 0 Å². The predicted octanol–water partition coefficient (Wildman–Crippen LogP) is 1.61. The Morgan fingerprint density at radius 3 is 2.30 bits per heavy atom. The molecule has 0 saturated carbocycles. The number of hydrogen-bond donors (Lipinski definition) is 0. The minimum absolute atomic E-state index is 0.720. The van der Waals surface area contributed by atoms with E-state index in [9.17, 15) is 4.79 Å². The first-order valence-electron chi connectivity index (χ1n) is 2.95. The van der Waals surface area contributed by atoms with Gasteiger partial charge in [-0.1, -0.05) is 26.8 Å². The number of hydrogen-bond acceptors (Lipinski definition) is 3. The molecule has 0 aromatic heterocycles. The van der Waals surface area contributed by atoms with Crippen LogP contribution in [0, 0.1) is 11.5 Å². The fraction of sp³-hybridized carbons (Fsp3) is 0.429. The van der Waals surface area contributed by atoms with Crippen molar-refractivity contribution in [2.45, 2.75) is 20.3 Å². The van der Waals surface area contributed by atoms with Crippen LogP contribution in [0.1, 0.15) is 20.3 Å². The fourth-order valence-electron chi connectivity index (χ4n) is 0.0867. The van der Waals surface area contributed by atoms with Crippen molar-refractivity contribution in [2.24, 2.45) is 0 Å². The smallest absolute Gasteiger partial charge is 0.345 e. The molecule has 0 atom stereocenters. The van der Waals surface area contributed by atoms with E-state index in [2.05, 4.69) is 25.2 Å². The van der Waals surface area contributed by atoms with E-state index in [1.165, 1.54) is 12.7 Å². The minimum Gasteiger partial charge on any atom is -0.347 e. The Bertz CT molecular complexity index is 135. The van der Waals surface area contributed by atoms with Crippen molar-refractivity contribution in [2.75, 3.05) is 0 Å². The maximum Gasteiger partial charge on any atom is 0.345 e. The third-order valence-corrected chi connectivity index (χ3v) is 0.313. The summed E-state index contributed by atoms with van der Waals surface area (Å²) < 4.78 is 3.74. The number of carbonyl (C=O) groups is 1. The van der Waals surface area contributed by atoms with Gasteiger partial charge in [-0.25, -0.2) is 4.79 Å². The van der Waals surface area contributed by atoms with Crippen molar-refractivity contribution in [3.63, 3.8) is 0 Å². The molecule has 0 amide bonds. The molecule has 0 aromatic carbocycles. The number of nitriles is 1. The molecule has 0 bridgehead atoms. The highest BCUT2D eigenvalue weighted by atomic mass is 16.5. The number of esters is 1. The average molecular weight is 141 g/mol. The van der Waals surface area contributed by atoms with Crippen molar-refractivity contribution in [1.29, 1.82) is 5.26 Å². The minimum atomic E-state index is -0.720. The Morgan fingerprint density at radius 2 is 2.20 bits per heavy atom. The molecule has 3 nitrogen and oxygen atoms in total. The Kier molecular flexibility index (Phi) is 12.2. The van der Waals surface area contributed by atoms with Crippen LogP contribution >= 0.6 is 0 Å². The van der Waals surface area contributed by atoms with Crippen LogP contribution < -0.4 is 0 Å². The van der Waals surface area contributed by atoms with E-state index in [1.54, 1.807) is 0 Å². The normalized spacial score (nSPS) is 6.10. The maximum absolute atomic E-state index is 9.85. The number of rotatable bonds is 1. The van der Waals surface area contributed by atoms with Crippen LogP contribution in [-0.4, -0.2) is 5.97 Å². The Morgan fingerprint density at radius 1 is 1.80 bits per heavy atom. The molecule has 0 fully saturated rings. The summed E-state index contributed by atoms with van der Waals surface area (Å²) in [6, 6.07) is 0. The lowest BCUT2D eigenvalue weighted by Gasteiger charge is -1.77. The van der Waals surface area contributed by atoms with Gasteiger partial charge in [0, 0.05) is 6.08 Å². The van der Waals surface area contributed by atoms with Gasteiger partial charge >= 0.3 is 5.97 Å². The van der Waals surface area contributed by atoms with Crippen LogP contribution in [0.2, 0.25) is 0 Å². The van der Waals surface area contributed by atoms with Crippen molar-refractivity contribution >= 4 is 5.97 Å². The first-order valence-corrected chi connectivity index (χ1v) is 2.95. The fourth-order valence-corrected chi connectivity index (χ4v) is 0.0867. The Balaban J connectivity index is 0. The van der Waals surface area contributed by atoms with Gasteiger partial charge in [-0.3, -0.25) is 0 Å². The van der Waals surface area contributed by atoms with E-state index in [0.717, 1.165) is 6.08 Å². The molecule has 0 aliphatic heterocycles. The van der Waals surface area contributed by atoms with Crippen molar-refractivity contribution < 1.29 is 9.53 Å². The summed E-state index contributed by atoms with van der Waals surface area (Å²) in [7, 11) is 0. The van der Waals surface area contributed by atoms with E-state index in [1.807, 2.05) is 0 Å². The molecule has 56 valence electrons. The molecule has 10 heavy (non-hydrogen) atoms. The van der Waals surface area contributed by atoms with Gasteiger partial charge in [0.25, 0.3) is 6.26 Å². The number of nitrogens with zero attached hydrogens (tertiary/aromatic N) is 1. The average Bonchev–Trinajstić information content (AvgIpc) is 1.90. The summed E-state index contributed by atoms with van der Waals surface area (Å²) >= 11 is 0. The predicted molar refractivity (Wildman–Crippen MR) is 37.9 cm³/mol. The maximum atomic E-state index is 9.85. The number of ether oxygens (including phenoxy) is 1. The molecular formula is C7H11NO2. The molecule has 0 aromatic rings. The SMILES string of the molecule is C=CC(=O)OC#N.CCC. The summed E-state index contributed by atoms with van der Waals surface area (Å²) in [6.07, 6.45) is 3.37. The number of carbonyl (C=O) groups excluding carboxylic acids is 1. The first kappa shape index (κ1) is 11.5. The quantitative estimate of drug-likeness (QED) is 0.316. The topological polar surface area (TPSA) is 50.1 Å². The van der Waals surface area contributed by atoms with E-state index >= 15 is 0 Å². The first-order chi connectivity index (χ1) is 4.72. The lowest BCUT2D eigenvalue weighted by atomic mass is 10.6. The summed E-state index contributed by atoms with van der Waals surface area (Å²) in [6.45, 7) is 7.30. The monoisotopic (exact) mass is 141 g/mol. The second-order valence-corrected chi connectivity index (χ2v) is 1.42. The summed E-state index contributed by atoms with van der Waals surface area (Å²) in [5.41, 5.74) is 0. The standard InChI is InChI=1S/C4H3NO2.C3H8/c1-2-4(6)7-3-5;1-3-2/h2H,1H2;3H2,1-2H3. The van der Waals surface area contributed by atoms with E-state index < -0.39 is 5.97 Å². The van der Waals surface area contributed by atoms with Gasteiger partial charge in [-0.05, 0) is 0 Å². The zero-order valence-corrected chi connectivity index (χ0v) is 6.26. The van der Waals surface area contributed by atoms with Gasteiger partial charge in [0.1, 0.15) is 0 Å². The molecule has 0 N–H and O–H groups in total. The zero-order chi connectivity index (χ0) is 8.41. The van der Waals surface area contributed by atoms with E-state index in [0.29, 0.717) is 0 Å².